The maximum Gasteiger partial charge on any atom is 0.227 e. The summed E-state index contributed by atoms with van der Waals surface area (Å²) in [5.41, 5.74) is 8.17. The van der Waals surface area contributed by atoms with Gasteiger partial charge >= 0.3 is 0 Å². The van der Waals surface area contributed by atoms with Crippen LogP contribution in [0.2, 0.25) is 0 Å². The molecule has 19 heavy (non-hydrogen) atoms. The Kier molecular flexibility index (Phi) is 3.70. The molecule has 2 N–H and O–H groups in total. The Morgan fingerprint density at radius 1 is 1.05 bits per heavy atom. The second-order valence-corrected chi connectivity index (χ2v) is 4.96. The Balaban J connectivity index is 2.63. The molecule has 0 aliphatic carbocycles. The van der Waals surface area contributed by atoms with E-state index in [0.717, 1.165) is 16.7 Å². The van der Waals surface area contributed by atoms with Gasteiger partial charge in [-0.05, 0) is 30.0 Å². The monoisotopic (exact) mass is 253 g/mol. The minimum Gasteiger partial charge on any atom is -0.369 e. The highest BCUT2D eigenvalue weighted by atomic mass is 16.1. The molecule has 2 aromatic carbocycles. The number of benzene rings is 2. The minimum atomic E-state index is -0.633. The third kappa shape index (κ3) is 2.39. The van der Waals surface area contributed by atoms with E-state index in [-0.39, 0.29) is 5.91 Å². The van der Waals surface area contributed by atoms with Crippen molar-refractivity contribution in [1.82, 2.24) is 0 Å². The molecule has 1 unspecified atom stereocenters. The average molecular weight is 253 g/mol. The van der Waals surface area contributed by atoms with Crippen LogP contribution in [0.4, 0.5) is 0 Å². The van der Waals surface area contributed by atoms with Gasteiger partial charge in [-0.2, -0.15) is 0 Å². The fourth-order valence-electron chi connectivity index (χ4n) is 2.33. The summed E-state index contributed by atoms with van der Waals surface area (Å²) in [4.78, 5) is 11.9. The molecule has 1 amide bonds. The Morgan fingerprint density at radius 2 is 1.63 bits per heavy atom. The molecule has 0 bridgehead atoms. The number of rotatable bonds is 4. The zero-order chi connectivity index (χ0) is 13.9. The van der Waals surface area contributed by atoms with Crippen molar-refractivity contribution in [3.8, 4) is 11.1 Å². The average Bonchev–Trinajstić information content (AvgIpc) is 2.47. The molecule has 98 valence electrons. The predicted molar refractivity (Wildman–Crippen MR) is 78.7 cm³/mol. The number of hydrogen-bond donors (Lipinski definition) is 1. The standard InChI is InChI=1S/C17H19NO/c1-3-17(2,16(18)19)15-12-8-7-11-14(15)13-9-5-4-6-10-13/h4-12H,3H2,1-2H3,(H2,18,19). The highest BCUT2D eigenvalue weighted by Crippen LogP contribution is 2.35. The van der Waals surface area contributed by atoms with Gasteiger partial charge in [0.05, 0.1) is 5.41 Å². The summed E-state index contributed by atoms with van der Waals surface area (Å²) >= 11 is 0. The fraction of sp³-hybridized carbons (Fsp3) is 0.235. The number of hydrogen-bond acceptors (Lipinski definition) is 1. The third-order valence-electron chi connectivity index (χ3n) is 3.86. The molecule has 0 saturated heterocycles. The van der Waals surface area contributed by atoms with Crippen molar-refractivity contribution < 1.29 is 4.79 Å². The van der Waals surface area contributed by atoms with Gasteiger partial charge in [-0.3, -0.25) is 4.79 Å². The first-order valence-electron chi connectivity index (χ1n) is 6.54. The van der Waals surface area contributed by atoms with E-state index in [1.54, 1.807) is 0 Å². The number of nitrogens with two attached hydrogens (primary N) is 1. The second kappa shape index (κ2) is 5.27. The van der Waals surface area contributed by atoms with Gasteiger partial charge in [-0.1, -0.05) is 61.5 Å². The van der Waals surface area contributed by atoms with Gasteiger partial charge in [0.2, 0.25) is 5.91 Å². The van der Waals surface area contributed by atoms with Gasteiger partial charge in [-0.25, -0.2) is 0 Å². The molecule has 0 aliphatic heterocycles. The van der Waals surface area contributed by atoms with E-state index >= 15 is 0 Å². The lowest BCUT2D eigenvalue weighted by molar-refractivity contribution is -0.123. The maximum atomic E-state index is 11.9. The normalized spacial score (nSPS) is 13.8. The predicted octanol–water partition coefficient (Wildman–Crippen LogP) is 3.51. The molecule has 0 aromatic heterocycles. The van der Waals surface area contributed by atoms with Crippen molar-refractivity contribution in [2.45, 2.75) is 25.7 Å². The van der Waals surface area contributed by atoms with Gasteiger partial charge in [0, 0.05) is 0 Å². The molecule has 2 nitrogen and oxygen atoms in total. The van der Waals surface area contributed by atoms with Crippen LogP contribution in [0.25, 0.3) is 11.1 Å². The Morgan fingerprint density at radius 3 is 2.21 bits per heavy atom. The van der Waals surface area contributed by atoms with Crippen LogP contribution in [0.3, 0.4) is 0 Å². The van der Waals surface area contributed by atoms with Crippen LogP contribution in [0.5, 0.6) is 0 Å². The molecule has 0 aliphatic rings. The van der Waals surface area contributed by atoms with Crippen LogP contribution < -0.4 is 5.73 Å². The van der Waals surface area contributed by atoms with Crippen molar-refractivity contribution >= 4 is 5.91 Å². The molecule has 2 rings (SSSR count). The molecule has 2 aromatic rings. The van der Waals surface area contributed by atoms with E-state index in [9.17, 15) is 4.79 Å². The molecule has 0 spiro atoms. The Labute approximate surface area is 114 Å². The summed E-state index contributed by atoms with van der Waals surface area (Å²) in [5, 5.41) is 0. The van der Waals surface area contributed by atoms with Crippen LogP contribution in [0.1, 0.15) is 25.8 Å². The number of amides is 1. The van der Waals surface area contributed by atoms with E-state index in [0.29, 0.717) is 6.42 Å². The Bertz CT molecular complexity index is 577. The SMILES string of the molecule is CCC(C)(C(N)=O)c1ccccc1-c1ccccc1. The first kappa shape index (κ1) is 13.3. The molecule has 0 fully saturated rings. The summed E-state index contributed by atoms with van der Waals surface area (Å²) in [5.74, 6) is -0.279. The number of carbonyl (C=O) groups excluding carboxylic acids is 1. The van der Waals surface area contributed by atoms with Crippen LogP contribution in [-0.4, -0.2) is 5.91 Å². The van der Waals surface area contributed by atoms with Gasteiger partial charge in [0.15, 0.2) is 0 Å². The van der Waals surface area contributed by atoms with Crippen LogP contribution in [-0.2, 0) is 10.2 Å². The van der Waals surface area contributed by atoms with Crippen molar-refractivity contribution in [2.24, 2.45) is 5.73 Å². The lowest BCUT2D eigenvalue weighted by atomic mass is 9.76. The molecule has 0 radical (unpaired) electrons. The first-order chi connectivity index (χ1) is 9.09. The van der Waals surface area contributed by atoms with Gasteiger partial charge in [0.25, 0.3) is 0 Å². The molecular formula is C17H19NO. The maximum absolute atomic E-state index is 11.9. The van der Waals surface area contributed by atoms with Crippen LogP contribution >= 0.6 is 0 Å². The van der Waals surface area contributed by atoms with Gasteiger partial charge in [0.1, 0.15) is 0 Å². The molecule has 1 atom stereocenters. The second-order valence-electron chi connectivity index (χ2n) is 4.96. The highest BCUT2D eigenvalue weighted by molar-refractivity contribution is 5.89. The van der Waals surface area contributed by atoms with Crippen molar-refractivity contribution in [3.63, 3.8) is 0 Å². The lowest BCUT2D eigenvalue weighted by Crippen LogP contribution is -2.38. The highest BCUT2D eigenvalue weighted by Gasteiger charge is 2.33. The summed E-state index contributed by atoms with van der Waals surface area (Å²) in [7, 11) is 0. The van der Waals surface area contributed by atoms with Crippen LogP contribution in [0, 0.1) is 0 Å². The summed E-state index contributed by atoms with van der Waals surface area (Å²) in [6.45, 7) is 3.91. The lowest BCUT2D eigenvalue weighted by Gasteiger charge is -2.27. The van der Waals surface area contributed by atoms with Crippen molar-refractivity contribution in [1.29, 1.82) is 0 Å². The molecule has 2 heteroatoms. The van der Waals surface area contributed by atoms with E-state index in [4.69, 9.17) is 5.73 Å². The summed E-state index contributed by atoms with van der Waals surface area (Å²) in [6, 6.07) is 18.1. The topological polar surface area (TPSA) is 43.1 Å². The Hall–Kier alpha value is -2.09. The largest absolute Gasteiger partial charge is 0.369 e. The quantitative estimate of drug-likeness (QED) is 0.890. The van der Waals surface area contributed by atoms with E-state index in [2.05, 4.69) is 12.1 Å². The van der Waals surface area contributed by atoms with E-state index in [1.165, 1.54) is 0 Å². The van der Waals surface area contributed by atoms with E-state index in [1.807, 2.05) is 56.3 Å². The van der Waals surface area contributed by atoms with Crippen LogP contribution in [0.15, 0.2) is 54.6 Å². The summed E-state index contributed by atoms with van der Waals surface area (Å²) in [6.07, 6.45) is 0.687. The zero-order valence-corrected chi connectivity index (χ0v) is 11.4. The molecule has 0 heterocycles. The molecule has 0 saturated carbocycles. The van der Waals surface area contributed by atoms with E-state index < -0.39 is 5.41 Å². The number of carbonyl (C=O) groups is 1. The zero-order valence-electron chi connectivity index (χ0n) is 11.4. The minimum absolute atomic E-state index is 0.279. The fourth-order valence-corrected chi connectivity index (χ4v) is 2.33. The third-order valence-corrected chi connectivity index (χ3v) is 3.86. The van der Waals surface area contributed by atoms with Crippen molar-refractivity contribution in [2.75, 3.05) is 0 Å². The van der Waals surface area contributed by atoms with Gasteiger partial charge < -0.3 is 5.73 Å². The van der Waals surface area contributed by atoms with Crippen molar-refractivity contribution in [3.05, 3.63) is 60.2 Å². The summed E-state index contributed by atoms with van der Waals surface area (Å²) < 4.78 is 0. The molecular weight excluding hydrogens is 234 g/mol. The smallest absolute Gasteiger partial charge is 0.227 e. The first-order valence-corrected chi connectivity index (χ1v) is 6.54. The van der Waals surface area contributed by atoms with Gasteiger partial charge in [-0.15, -0.1) is 0 Å². The number of primary amides is 1.